The van der Waals surface area contributed by atoms with Gasteiger partial charge in [0.1, 0.15) is 0 Å². The predicted octanol–water partition coefficient (Wildman–Crippen LogP) is -1.84. The van der Waals surface area contributed by atoms with Crippen molar-refractivity contribution in [3.05, 3.63) is 12.0 Å². The third-order valence-electron chi connectivity index (χ3n) is 1.42. The van der Waals surface area contributed by atoms with E-state index in [0.29, 0.717) is 4.59 Å². The number of nitrogens with zero attached hydrogens (tertiary/aromatic N) is 1. The van der Waals surface area contributed by atoms with Gasteiger partial charge in [-0.3, -0.25) is 0 Å². The summed E-state index contributed by atoms with van der Waals surface area (Å²) in [6.45, 7) is 0. The van der Waals surface area contributed by atoms with Crippen LogP contribution < -0.4 is 10.3 Å². The van der Waals surface area contributed by atoms with Crippen molar-refractivity contribution in [3.8, 4) is 0 Å². The van der Waals surface area contributed by atoms with Crippen LogP contribution in [0, 0.1) is 0 Å². The molecule has 1 aromatic rings. The van der Waals surface area contributed by atoms with Gasteiger partial charge in [-0.1, -0.05) is 0 Å². The average Bonchev–Trinajstić information content (AvgIpc) is 2.36. The van der Waals surface area contributed by atoms with Crippen molar-refractivity contribution >= 4 is 26.6 Å². The molecule has 0 saturated heterocycles. The van der Waals surface area contributed by atoms with E-state index in [0.717, 1.165) is 5.69 Å². The summed E-state index contributed by atoms with van der Waals surface area (Å²) in [4.78, 5) is 17.0. The number of hydrogen-bond acceptors (Lipinski definition) is 3. The second-order valence-corrected chi connectivity index (χ2v) is 3.15. The molecule has 0 saturated carbocycles. The zero-order valence-corrected chi connectivity index (χ0v) is 7.86. The summed E-state index contributed by atoms with van der Waals surface area (Å²) < 4.78 is 0.673. The summed E-state index contributed by atoms with van der Waals surface area (Å²) in [6.07, 6.45) is 1.76. The van der Waals surface area contributed by atoms with Crippen molar-refractivity contribution in [1.29, 1.82) is 0 Å². The molecule has 5 nitrogen and oxygen atoms in total. The van der Waals surface area contributed by atoms with Gasteiger partial charge >= 0.3 is 76.7 Å². The van der Waals surface area contributed by atoms with Gasteiger partial charge in [0.2, 0.25) is 0 Å². The number of aromatic nitrogens is 2. The maximum atomic E-state index is 10.4. The van der Waals surface area contributed by atoms with Gasteiger partial charge in [-0.05, 0) is 0 Å². The zero-order valence-electron chi connectivity index (χ0n) is 6.15. The van der Waals surface area contributed by atoms with E-state index >= 15 is 0 Å². The Hall–Kier alpha value is -0.841. The van der Waals surface area contributed by atoms with Crippen molar-refractivity contribution in [1.82, 2.24) is 9.97 Å². The number of carboxylic acids is 1. The summed E-state index contributed by atoms with van der Waals surface area (Å²) in [5.74, 6) is -1.01. The summed E-state index contributed by atoms with van der Waals surface area (Å²) in [6, 6.07) is -0.877. The molecule has 0 amide bonds. The Morgan fingerprint density at radius 2 is 2.58 bits per heavy atom. The van der Waals surface area contributed by atoms with E-state index in [2.05, 4.69) is 26.0 Å². The number of carboxylic acid groups (broad SMARTS) is 1. The fourth-order valence-electron chi connectivity index (χ4n) is 0.762. The SMILES string of the molecule is N[C@@H](Cc1[nH]cnc1[Se])C(=O)O. The van der Waals surface area contributed by atoms with Gasteiger partial charge in [0, 0.05) is 0 Å². The van der Waals surface area contributed by atoms with Crippen LogP contribution >= 0.6 is 0 Å². The fourth-order valence-corrected chi connectivity index (χ4v) is 1.17. The Labute approximate surface area is 77.2 Å². The molecule has 0 aliphatic carbocycles. The molecule has 1 heterocycles. The van der Waals surface area contributed by atoms with E-state index < -0.39 is 12.0 Å². The second kappa shape index (κ2) is 3.71. The molecule has 1 aromatic heterocycles. The van der Waals surface area contributed by atoms with Crippen molar-refractivity contribution in [2.24, 2.45) is 5.73 Å². The van der Waals surface area contributed by atoms with Crippen LogP contribution in [0.1, 0.15) is 5.69 Å². The Balaban J connectivity index is 2.64. The molecule has 12 heavy (non-hydrogen) atoms. The van der Waals surface area contributed by atoms with Crippen molar-refractivity contribution in [2.45, 2.75) is 12.5 Å². The van der Waals surface area contributed by atoms with Crippen LogP contribution in [0.25, 0.3) is 0 Å². The van der Waals surface area contributed by atoms with Crippen LogP contribution in [0.15, 0.2) is 6.33 Å². The summed E-state index contributed by atoms with van der Waals surface area (Å²) >= 11 is 2.70. The summed E-state index contributed by atoms with van der Waals surface area (Å²) in [5, 5.41) is 8.50. The number of carbonyl (C=O) groups is 1. The third kappa shape index (κ3) is 2.07. The fraction of sp³-hybridized carbons (Fsp3) is 0.333. The Kier molecular flexibility index (Phi) is 2.86. The third-order valence-corrected chi connectivity index (χ3v) is 2.16. The molecule has 0 spiro atoms. The average molecular weight is 233 g/mol. The van der Waals surface area contributed by atoms with E-state index in [1.807, 2.05) is 0 Å². The minimum atomic E-state index is -1.01. The molecule has 65 valence electrons. The normalized spacial score (nSPS) is 12.8. The van der Waals surface area contributed by atoms with Gasteiger partial charge in [-0.15, -0.1) is 0 Å². The molecular formula is C6H8N3O2Se. The van der Waals surface area contributed by atoms with E-state index in [1.165, 1.54) is 6.33 Å². The van der Waals surface area contributed by atoms with Gasteiger partial charge < -0.3 is 0 Å². The van der Waals surface area contributed by atoms with Crippen LogP contribution in [0.2, 0.25) is 0 Å². The van der Waals surface area contributed by atoms with E-state index in [-0.39, 0.29) is 6.42 Å². The number of H-pyrrole nitrogens is 1. The number of nitrogens with two attached hydrogens (primary N) is 1. The first-order valence-corrected chi connectivity index (χ1v) is 4.14. The summed E-state index contributed by atoms with van der Waals surface area (Å²) in [7, 11) is 0. The molecule has 0 aliphatic heterocycles. The molecule has 0 aliphatic rings. The van der Waals surface area contributed by atoms with Crippen molar-refractivity contribution < 1.29 is 9.90 Å². The van der Waals surface area contributed by atoms with Crippen molar-refractivity contribution in [3.63, 3.8) is 0 Å². The molecular weight excluding hydrogens is 225 g/mol. The molecule has 1 rings (SSSR count). The Morgan fingerprint density at radius 3 is 3.00 bits per heavy atom. The number of aromatic amines is 1. The Morgan fingerprint density at radius 1 is 1.92 bits per heavy atom. The van der Waals surface area contributed by atoms with Gasteiger partial charge in [0.05, 0.1) is 0 Å². The predicted molar refractivity (Wildman–Crippen MR) is 43.3 cm³/mol. The first-order valence-electron chi connectivity index (χ1n) is 3.29. The molecule has 1 atom stereocenters. The zero-order chi connectivity index (χ0) is 9.14. The number of imidazole rings is 1. The van der Waals surface area contributed by atoms with Gasteiger partial charge in [-0.2, -0.15) is 0 Å². The molecule has 0 fully saturated rings. The molecule has 0 aromatic carbocycles. The topological polar surface area (TPSA) is 92.0 Å². The standard InChI is InChI=1S/C6H8N3O2Se/c7-3(6(10)11)1-4-5(12)9-2-8-4/h2-3H,1,7H2,(H,8,9)(H,10,11)/t3-/m0/s1. The number of rotatable bonds is 3. The van der Waals surface area contributed by atoms with Gasteiger partial charge in [0.15, 0.2) is 0 Å². The van der Waals surface area contributed by atoms with Crippen LogP contribution in [0.5, 0.6) is 0 Å². The number of aliphatic carboxylic acids is 1. The van der Waals surface area contributed by atoms with Gasteiger partial charge in [-0.25, -0.2) is 0 Å². The van der Waals surface area contributed by atoms with E-state index in [9.17, 15) is 4.79 Å². The first-order chi connectivity index (χ1) is 5.61. The Bertz CT molecular complexity index is 286. The maximum absolute atomic E-state index is 10.4. The number of nitrogens with one attached hydrogen (secondary N) is 1. The van der Waals surface area contributed by atoms with Crippen LogP contribution in [-0.4, -0.2) is 43.1 Å². The first kappa shape index (κ1) is 9.25. The molecule has 6 heteroatoms. The van der Waals surface area contributed by atoms with E-state index in [4.69, 9.17) is 10.8 Å². The second-order valence-electron chi connectivity index (χ2n) is 2.34. The van der Waals surface area contributed by atoms with Crippen molar-refractivity contribution in [2.75, 3.05) is 0 Å². The number of hydrogen-bond donors (Lipinski definition) is 3. The van der Waals surface area contributed by atoms with Gasteiger partial charge in [0.25, 0.3) is 0 Å². The van der Waals surface area contributed by atoms with Crippen LogP contribution in [-0.2, 0) is 11.2 Å². The molecule has 0 bridgehead atoms. The van der Waals surface area contributed by atoms with Crippen LogP contribution in [0.4, 0.5) is 0 Å². The minimum absolute atomic E-state index is 0.262. The molecule has 0 unspecified atom stereocenters. The van der Waals surface area contributed by atoms with Crippen LogP contribution in [0.3, 0.4) is 0 Å². The summed E-state index contributed by atoms with van der Waals surface area (Å²) in [5.41, 5.74) is 6.04. The quantitative estimate of drug-likeness (QED) is 0.535. The van der Waals surface area contributed by atoms with E-state index in [1.54, 1.807) is 0 Å². The molecule has 4 N–H and O–H groups in total. The molecule has 1 radical (unpaired) electrons. The monoisotopic (exact) mass is 234 g/mol.